The summed E-state index contributed by atoms with van der Waals surface area (Å²) < 4.78 is 0. The number of aromatic nitrogens is 1. The third kappa shape index (κ3) is 3.59. The van der Waals surface area contributed by atoms with Crippen LogP contribution in [0.15, 0.2) is 48.5 Å². The number of carbonyl (C=O) groups excluding carboxylic acids is 1. The van der Waals surface area contributed by atoms with Gasteiger partial charge in [-0.25, -0.2) is 9.78 Å². The standard InChI is InChI=1S/C23H22ClN3O3/c1-14-13-26(23(29)30)10-11-27(14)22(28)17-8-9-18-19(12-17)25-21(15(2)20(18)24)16-6-4-3-5-7-16/h3-9,12,14H,10-11,13H2,1-2H3,(H,29,30)/t14-/m1/s1. The first-order valence-corrected chi connectivity index (χ1v) is 10.2. The smallest absolute Gasteiger partial charge is 0.407 e. The van der Waals surface area contributed by atoms with E-state index in [4.69, 9.17) is 16.6 Å². The van der Waals surface area contributed by atoms with Gasteiger partial charge in [0.15, 0.2) is 0 Å². The van der Waals surface area contributed by atoms with Crippen molar-refractivity contribution in [1.82, 2.24) is 14.8 Å². The van der Waals surface area contributed by atoms with E-state index < -0.39 is 6.09 Å². The lowest BCUT2D eigenvalue weighted by Crippen LogP contribution is -2.55. The van der Waals surface area contributed by atoms with Crippen LogP contribution in [0.5, 0.6) is 0 Å². The quantitative estimate of drug-likeness (QED) is 0.649. The van der Waals surface area contributed by atoms with Crippen LogP contribution in [-0.2, 0) is 0 Å². The molecule has 6 nitrogen and oxygen atoms in total. The lowest BCUT2D eigenvalue weighted by Gasteiger charge is -2.38. The predicted molar refractivity (Wildman–Crippen MR) is 117 cm³/mol. The molecule has 2 amide bonds. The second-order valence-electron chi connectivity index (χ2n) is 7.57. The van der Waals surface area contributed by atoms with Crippen LogP contribution in [0.1, 0.15) is 22.8 Å². The van der Waals surface area contributed by atoms with E-state index in [-0.39, 0.29) is 11.9 Å². The van der Waals surface area contributed by atoms with Crippen molar-refractivity contribution in [2.24, 2.45) is 0 Å². The molecule has 1 N–H and O–H groups in total. The molecule has 1 aromatic heterocycles. The summed E-state index contributed by atoms with van der Waals surface area (Å²) in [5.41, 5.74) is 3.83. The van der Waals surface area contributed by atoms with E-state index in [1.807, 2.05) is 50.2 Å². The van der Waals surface area contributed by atoms with E-state index in [0.717, 1.165) is 22.2 Å². The fourth-order valence-electron chi connectivity index (χ4n) is 3.93. The van der Waals surface area contributed by atoms with Crippen LogP contribution in [-0.4, -0.2) is 57.6 Å². The molecular formula is C23H22ClN3O3. The van der Waals surface area contributed by atoms with Crippen molar-refractivity contribution in [2.75, 3.05) is 19.6 Å². The first-order chi connectivity index (χ1) is 14.4. The number of nitrogens with zero attached hydrogens (tertiary/aromatic N) is 3. The molecule has 0 saturated carbocycles. The maximum atomic E-state index is 13.1. The van der Waals surface area contributed by atoms with Gasteiger partial charge in [0.1, 0.15) is 0 Å². The summed E-state index contributed by atoms with van der Waals surface area (Å²) in [6.07, 6.45) is -0.956. The molecule has 2 heterocycles. The molecule has 0 radical (unpaired) electrons. The van der Waals surface area contributed by atoms with Gasteiger partial charge in [0, 0.05) is 42.2 Å². The van der Waals surface area contributed by atoms with E-state index in [2.05, 4.69) is 0 Å². The van der Waals surface area contributed by atoms with Crippen molar-refractivity contribution >= 4 is 34.5 Å². The first-order valence-electron chi connectivity index (χ1n) is 9.81. The van der Waals surface area contributed by atoms with Gasteiger partial charge in [-0.1, -0.05) is 48.0 Å². The molecule has 1 aliphatic rings. The van der Waals surface area contributed by atoms with E-state index in [0.29, 0.717) is 35.7 Å². The van der Waals surface area contributed by atoms with Crippen molar-refractivity contribution < 1.29 is 14.7 Å². The molecule has 1 atom stereocenters. The normalized spacial score (nSPS) is 16.7. The van der Waals surface area contributed by atoms with Gasteiger partial charge in [-0.2, -0.15) is 0 Å². The average molecular weight is 424 g/mol. The summed E-state index contributed by atoms with van der Waals surface area (Å²) in [4.78, 5) is 32.2. The number of piperazine rings is 1. The third-order valence-corrected chi connectivity index (χ3v) is 6.09. The second-order valence-corrected chi connectivity index (χ2v) is 7.95. The maximum absolute atomic E-state index is 13.1. The molecule has 4 rings (SSSR count). The molecule has 7 heteroatoms. The van der Waals surface area contributed by atoms with Crippen LogP contribution in [0.4, 0.5) is 4.79 Å². The Morgan fingerprint density at radius 1 is 1.13 bits per heavy atom. The molecule has 30 heavy (non-hydrogen) atoms. The lowest BCUT2D eigenvalue weighted by molar-refractivity contribution is 0.0484. The van der Waals surface area contributed by atoms with E-state index in [9.17, 15) is 14.7 Å². The van der Waals surface area contributed by atoms with Crippen LogP contribution >= 0.6 is 11.6 Å². The Hall–Kier alpha value is -3.12. The zero-order chi connectivity index (χ0) is 21.4. The summed E-state index contributed by atoms with van der Waals surface area (Å²) in [5, 5.41) is 10.6. The van der Waals surface area contributed by atoms with Crippen molar-refractivity contribution in [2.45, 2.75) is 19.9 Å². The Morgan fingerprint density at radius 2 is 1.87 bits per heavy atom. The Morgan fingerprint density at radius 3 is 2.53 bits per heavy atom. The molecule has 154 valence electrons. The van der Waals surface area contributed by atoms with Crippen LogP contribution in [0.2, 0.25) is 5.02 Å². The number of carbonyl (C=O) groups is 2. The number of amides is 2. The monoisotopic (exact) mass is 423 g/mol. The Labute approximate surface area is 179 Å². The minimum absolute atomic E-state index is 0.130. The average Bonchev–Trinajstić information content (AvgIpc) is 2.76. The topological polar surface area (TPSA) is 73.7 Å². The maximum Gasteiger partial charge on any atom is 0.407 e. The Bertz CT molecular complexity index is 1130. The van der Waals surface area contributed by atoms with Gasteiger partial charge in [-0.15, -0.1) is 0 Å². The van der Waals surface area contributed by atoms with Gasteiger partial charge in [0.25, 0.3) is 5.91 Å². The van der Waals surface area contributed by atoms with Crippen LogP contribution < -0.4 is 0 Å². The zero-order valence-electron chi connectivity index (χ0n) is 16.8. The van der Waals surface area contributed by atoms with Crippen molar-refractivity contribution in [3.63, 3.8) is 0 Å². The van der Waals surface area contributed by atoms with Gasteiger partial charge >= 0.3 is 6.09 Å². The van der Waals surface area contributed by atoms with Crippen LogP contribution in [0, 0.1) is 6.92 Å². The highest BCUT2D eigenvalue weighted by Gasteiger charge is 2.30. The van der Waals surface area contributed by atoms with Gasteiger partial charge in [-0.3, -0.25) is 4.79 Å². The number of rotatable bonds is 2. The number of hydrogen-bond acceptors (Lipinski definition) is 3. The molecule has 2 aromatic carbocycles. The molecule has 0 unspecified atom stereocenters. The highest BCUT2D eigenvalue weighted by atomic mass is 35.5. The summed E-state index contributed by atoms with van der Waals surface area (Å²) in [6.45, 7) is 4.78. The fraction of sp³-hybridized carbons (Fsp3) is 0.261. The Balaban J connectivity index is 1.70. The van der Waals surface area contributed by atoms with Crippen LogP contribution in [0.3, 0.4) is 0 Å². The second kappa shape index (κ2) is 7.95. The fourth-order valence-corrected chi connectivity index (χ4v) is 4.18. The van der Waals surface area contributed by atoms with Gasteiger partial charge in [0.05, 0.1) is 16.2 Å². The lowest BCUT2D eigenvalue weighted by atomic mass is 10.0. The number of benzene rings is 2. The highest BCUT2D eigenvalue weighted by molar-refractivity contribution is 6.36. The van der Waals surface area contributed by atoms with Crippen molar-refractivity contribution in [3.05, 3.63) is 64.7 Å². The molecular weight excluding hydrogens is 402 g/mol. The summed E-state index contributed by atoms with van der Waals surface area (Å²) >= 11 is 6.63. The number of carboxylic acid groups (broad SMARTS) is 1. The Kier molecular flexibility index (Phi) is 5.35. The number of hydrogen-bond donors (Lipinski definition) is 1. The van der Waals surface area contributed by atoms with E-state index in [1.54, 1.807) is 17.0 Å². The third-order valence-electron chi connectivity index (χ3n) is 5.60. The largest absolute Gasteiger partial charge is 0.465 e. The first kappa shape index (κ1) is 20.2. The molecule has 0 spiro atoms. The van der Waals surface area contributed by atoms with Crippen molar-refractivity contribution in [3.8, 4) is 11.3 Å². The minimum Gasteiger partial charge on any atom is -0.465 e. The summed E-state index contributed by atoms with van der Waals surface area (Å²) in [7, 11) is 0. The number of halogens is 1. The summed E-state index contributed by atoms with van der Waals surface area (Å²) in [5.74, 6) is -0.130. The highest BCUT2D eigenvalue weighted by Crippen LogP contribution is 2.33. The molecule has 0 bridgehead atoms. The SMILES string of the molecule is Cc1c(-c2ccccc2)nc2cc(C(=O)N3CCN(C(=O)O)C[C@H]3C)ccc2c1Cl. The molecule has 1 saturated heterocycles. The van der Waals surface area contributed by atoms with Gasteiger partial charge < -0.3 is 14.9 Å². The van der Waals surface area contributed by atoms with Gasteiger partial charge in [-0.05, 0) is 31.5 Å². The molecule has 3 aromatic rings. The number of pyridine rings is 1. The van der Waals surface area contributed by atoms with E-state index >= 15 is 0 Å². The predicted octanol–water partition coefficient (Wildman–Crippen LogP) is 4.69. The minimum atomic E-state index is -0.956. The van der Waals surface area contributed by atoms with Gasteiger partial charge in [0.2, 0.25) is 0 Å². The molecule has 0 aliphatic carbocycles. The van der Waals surface area contributed by atoms with E-state index in [1.165, 1.54) is 4.90 Å². The zero-order valence-corrected chi connectivity index (χ0v) is 17.6. The molecule has 1 fully saturated rings. The number of fused-ring (bicyclic) bond motifs is 1. The molecule has 1 aliphatic heterocycles. The summed E-state index contributed by atoms with van der Waals surface area (Å²) in [6, 6.07) is 15.0. The van der Waals surface area contributed by atoms with Crippen molar-refractivity contribution in [1.29, 1.82) is 0 Å². The van der Waals surface area contributed by atoms with Crippen LogP contribution in [0.25, 0.3) is 22.2 Å².